The molecule has 0 bridgehead atoms. The largest absolute Gasteiger partial charge is 0.416 e. The Morgan fingerprint density at radius 2 is 1.84 bits per heavy atom. The predicted molar refractivity (Wildman–Crippen MR) is 65.3 cm³/mol. The van der Waals surface area contributed by atoms with Gasteiger partial charge in [-0.1, -0.05) is 0 Å². The molecule has 1 aromatic carbocycles. The van der Waals surface area contributed by atoms with E-state index in [4.69, 9.17) is 0 Å². The fourth-order valence-corrected chi connectivity index (χ4v) is 3.26. The van der Waals surface area contributed by atoms with Crippen molar-refractivity contribution in [1.82, 2.24) is 5.32 Å². The van der Waals surface area contributed by atoms with Gasteiger partial charge in [0.15, 0.2) is 0 Å². The van der Waals surface area contributed by atoms with Crippen molar-refractivity contribution in [2.45, 2.75) is 17.8 Å². The molecule has 1 atom stereocenters. The summed E-state index contributed by atoms with van der Waals surface area (Å²) < 4.78 is 63.2. The minimum Gasteiger partial charge on any atom is -0.315 e. The molecule has 1 heterocycles. The highest BCUT2D eigenvalue weighted by Gasteiger charge is 2.31. The maximum absolute atomic E-state index is 12.4. The van der Waals surface area contributed by atoms with Crippen molar-refractivity contribution in [3.05, 3.63) is 29.8 Å². The first-order chi connectivity index (χ1) is 8.79. The molecule has 8 heteroatoms. The second-order valence-electron chi connectivity index (χ2n) is 4.34. The van der Waals surface area contributed by atoms with Gasteiger partial charge in [0.2, 0.25) is 10.0 Å². The van der Waals surface area contributed by atoms with Gasteiger partial charge in [-0.15, -0.1) is 0 Å². The average Bonchev–Trinajstić information content (AvgIpc) is 2.82. The molecule has 0 spiro atoms. The van der Waals surface area contributed by atoms with Crippen molar-refractivity contribution in [1.29, 1.82) is 0 Å². The summed E-state index contributed by atoms with van der Waals surface area (Å²) in [6.45, 7) is 0.981. The molecule has 1 saturated heterocycles. The van der Waals surface area contributed by atoms with Crippen LogP contribution in [-0.2, 0) is 16.2 Å². The molecule has 0 aromatic heterocycles. The SMILES string of the molecule is O=S(=O)(Nc1ccc(C(F)(F)F)cc1)C1CCNC1. The van der Waals surface area contributed by atoms with Crippen molar-refractivity contribution >= 4 is 15.7 Å². The van der Waals surface area contributed by atoms with Gasteiger partial charge in [0.25, 0.3) is 0 Å². The quantitative estimate of drug-likeness (QED) is 0.894. The molecule has 0 saturated carbocycles. The summed E-state index contributed by atoms with van der Waals surface area (Å²) in [4.78, 5) is 0. The lowest BCUT2D eigenvalue weighted by Crippen LogP contribution is -2.29. The zero-order chi connectivity index (χ0) is 14.1. The van der Waals surface area contributed by atoms with Gasteiger partial charge in [-0.05, 0) is 37.2 Å². The normalized spacial score (nSPS) is 20.5. The zero-order valence-electron chi connectivity index (χ0n) is 9.87. The van der Waals surface area contributed by atoms with E-state index < -0.39 is 27.0 Å². The van der Waals surface area contributed by atoms with Crippen molar-refractivity contribution in [2.75, 3.05) is 17.8 Å². The summed E-state index contributed by atoms with van der Waals surface area (Å²) >= 11 is 0. The van der Waals surface area contributed by atoms with Crippen molar-refractivity contribution in [3.8, 4) is 0 Å². The number of nitrogens with one attached hydrogen (secondary N) is 2. The smallest absolute Gasteiger partial charge is 0.315 e. The van der Waals surface area contributed by atoms with Crippen LogP contribution in [0.15, 0.2) is 24.3 Å². The molecular weight excluding hydrogens is 281 g/mol. The lowest BCUT2D eigenvalue weighted by atomic mass is 10.2. The van der Waals surface area contributed by atoms with Crippen LogP contribution < -0.4 is 10.0 Å². The average molecular weight is 294 g/mol. The lowest BCUT2D eigenvalue weighted by molar-refractivity contribution is -0.137. The molecule has 2 N–H and O–H groups in total. The monoisotopic (exact) mass is 294 g/mol. The van der Waals surface area contributed by atoms with Gasteiger partial charge in [-0.25, -0.2) is 8.42 Å². The van der Waals surface area contributed by atoms with Crippen molar-refractivity contribution < 1.29 is 21.6 Å². The molecular formula is C11H13F3N2O2S. The fourth-order valence-electron chi connectivity index (χ4n) is 1.87. The van der Waals surface area contributed by atoms with E-state index in [1.54, 1.807) is 0 Å². The number of hydrogen-bond acceptors (Lipinski definition) is 3. The first-order valence-corrected chi connectivity index (χ1v) is 7.23. The van der Waals surface area contributed by atoms with E-state index in [2.05, 4.69) is 10.0 Å². The van der Waals surface area contributed by atoms with Gasteiger partial charge in [0.1, 0.15) is 0 Å². The van der Waals surface area contributed by atoms with Crippen molar-refractivity contribution in [2.24, 2.45) is 0 Å². The van der Waals surface area contributed by atoms with Crippen LogP contribution in [0.4, 0.5) is 18.9 Å². The summed E-state index contributed by atoms with van der Waals surface area (Å²) in [6, 6.07) is 3.93. The minimum absolute atomic E-state index is 0.139. The van der Waals surface area contributed by atoms with Gasteiger partial charge in [0.05, 0.1) is 10.8 Å². The molecule has 0 aliphatic carbocycles. The Kier molecular flexibility index (Phi) is 3.73. The molecule has 1 aromatic rings. The Hall–Kier alpha value is -1.28. The second-order valence-corrected chi connectivity index (χ2v) is 6.30. The summed E-state index contributed by atoms with van der Waals surface area (Å²) in [5.74, 6) is 0. The van der Waals surface area contributed by atoms with Crippen LogP contribution in [-0.4, -0.2) is 26.8 Å². The van der Waals surface area contributed by atoms with E-state index in [1.165, 1.54) is 0 Å². The third-order valence-corrected chi connectivity index (χ3v) is 4.73. The van der Waals surface area contributed by atoms with E-state index in [-0.39, 0.29) is 5.69 Å². The third-order valence-electron chi connectivity index (χ3n) is 2.93. The van der Waals surface area contributed by atoms with Crippen LogP contribution in [0.25, 0.3) is 0 Å². The molecule has 1 aliphatic rings. The number of anilines is 1. The molecule has 1 unspecified atom stereocenters. The molecule has 0 amide bonds. The highest BCUT2D eigenvalue weighted by Crippen LogP contribution is 2.30. The third kappa shape index (κ3) is 3.38. The Morgan fingerprint density at radius 3 is 2.32 bits per heavy atom. The van der Waals surface area contributed by atoms with Gasteiger partial charge in [-0.2, -0.15) is 13.2 Å². The first kappa shape index (κ1) is 14.1. The van der Waals surface area contributed by atoms with Gasteiger partial charge in [-0.3, -0.25) is 4.72 Å². The Bertz CT molecular complexity index is 534. The van der Waals surface area contributed by atoms with Crippen molar-refractivity contribution in [3.63, 3.8) is 0 Å². The van der Waals surface area contributed by atoms with E-state index in [0.29, 0.717) is 19.5 Å². The summed E-state index contributed by atoms with van der Waals surface area (Å²) in [5, 5.41) is 2.38. The van der Waals surface area contributed by atoms with Gasteiger partial charge >= 0.3 is 6.18 Å². The summed E-state index contributed by atoms with van der Waals surface area (Å²) in [5.41, 5.74) is -0.669. The number of hydrogen-bond donors (Lipinski definition) is 2. The fraction of sp³-hybridized carbons (Fsp3) is 0.455. The van der Waals surface area contributed by atoms with Gasteiger partial charge < -0.3 is 5.32 Å². The van der Waals surface area contributed by atoms with Gasteiger partial charge in [0, 0.05) is 12.2 Å². The van der Waals surface area contributed by atoms with Crippen LogP contribution in [0, 0.1) is 0 Å². The first-order valence-electron chi connectivity index (χ1n) is 5.69. The summed E-state index contributed by atoms with van der Waals surface area (Å²) in [7, 11) is -3.56. The highest BCUT2D eigenvalue weighted by atomic mass is 32.2. The van der Waals surface area contributed by atoms with Crippen LogP contribution >= 0.6 is 0 Å². The molecule has 19 heavy (non-hydrogen) atoms. The second kappa shape index (κ2) is 5.01. The van der Waals surface area contributed by atoms with E-state index in [0.717, 1.165) is 24.3 Å². The Labute approximate surface area is 109 Å². The highest BCUT2D eigenvalue weighted by molar-refractivity contribution is 7.93. The van der Waals surface area contributed by atoms with E-state index in [1.807, 2.05) is 0 Å². The Balaban J connectivity index is 2.11. The number of sulfonamides is 1. The Morgan fingerprint density at radius 1 is 1.21 bits per heavy atom. The maximum Gasteiger partial charge on any atom is 0.416 e. The molecule has 2 rings (SSSR count). The lowest BCUT2D eigenvalue weighted by Gasteiger charge is -2.13. The number of halogens is 3. The minimum atomic E-state index is -4.42. The molecule has 1 aliphatic heterocycles. The maximum atomic E-state index is 12.4. The van der Waals surface area contributed by atoms with Crippen LogP contribution in [0.5, 0.6) is 0 Å². The van der Waals surface area contributed by atoms with E-state index in [9.17, 15) is 21.6 Å². The van der Waals surface area contributed by atoms with Crippen LogP contribution in [0.1, 0.15) is 12.0 Å². The number of rotatable bonds is 3. The topological polar surface area (TPSA) is 58.2 Å². The number of alkyl halides is 3. The molecule has 1 fully saturated rings. The summed E-state index contributed by atoms with van der Waals surface area (Å²) in [6.07, 6.45) is -3.93. The van der Waals surface area contributed by atoms with Crippen LogP contribution in [0.3, 0.4) is 0 Å². The predicted octanol–water partition coefficient (Wildman–Crippen LogP) is 1.81. The molecule has 0 radical (unpaired) electrons. The van der Waals surface area contributed by atoms with E-state index >= 15 is 0 Å². The van der Waals surface area contributed by atoms with Crippen LogP contribution in [0.2, 0.25) is 0 Å². The molecule has 106 valence electrons. The standard InChI is InChI=1S/C11H13F3N2O2S/c12-11(13,14)8-1-3-9(4-2-8)16-19(17,18)10-5-6-15-7-10/h1-4,10,15-16H,5-7H2. The molecule has 4 nitrogen and oxygen atoms in total. The number of benzene rings is 1. The zero-order valence-corrected chi connectivity index (χ0v) is 10.7.